The Kier molecular flexibility index (Phi) is 8.30. The molecule has 0 aliphatic heterocycles. The lowest BCUT2D eigenvalue weighted by atomic mass is 10.1. The highest BCUT2D eigenvalue weighted by molar-refractivity contribution is 6.30. The summed E-state index contributed by atoms with van der Waals surface area (Å²) in [6.45, 7) is 6.39. The Bertz CT molecular complexity index is 748. The molecule has 0 heterocycles. The maximum atomic E-state index is 12.2. The molecule has 2 N–H and O–H groups in total. The van der Waals surface area contributed by atoms with E-state index in [4.69, 9.17) is 11.6 Å². The zero-order chi connectivity index (χ0) is 19.6. The highest BCUT2D eigenvalue weighted by Crippen LogP contribution is 2.19. The third-order valence-corrected chi connectivity index (χ3v) is 4.66. The molecule has 2 aromatic rings. The van der Waals surface area contributed by atoms with Crippen molar-refractivity contribution in [2.75, 3.05) is 26.2 Å². The van der Waals surface area contributed by atoms with E-state index in [1.165, 1.54) is 0 Å². The molecule has 6 heteroatoms. The Morgan fingerprint density at radius 2 is 1.70 bits per heavy atom. The quantitative estimate of drug-likeness (QED) is 0.694. The minimum absolute atomic E-state index is 0.0783. The Morgan fingerprint density at radius 1 is 1.00 bits per heavy atom. The summed E-state index contributed by atoms with van der Waals surface area (Å²) in [5.74, 6) is -0.547. The van der Waals surface area contributed by atoms with Gasteiger partial charge in [-0.1, -0.05) is 61.8 Å². The first kappa shape index (κ1) is 20.9. The number of nitrogens with zero attached hydrogens (tertiary/aromatic N) is 1. The standard InChI is InChI=1S/C21H26ClN3O2/c1-3-25(4-2)19(16-9-6-5-7-10-16)14-23-20(26)15-24-21(27)17-11-8-12-18(22)13-17/h5-13,19H,3-4,14-15H2,1-2H3,(H,23,26)(H,24,27). The second-order valence-corrected chi connectivity index (χ2v) is 6.58. The number of amides is 2. The molecule has 0 saturated carbocycles. The second-order valence-electron chi connectivity index (χ2n) is 6.14. The van der Waals surface area contributed by atoms with Crippen molar-refractivity contribution in [2.24, 2.45) is 0 Å². The van der Waals surface area contributed by atoms with Crippen LogP contribution in [0, 0.1) is 0 Å². The number of carbonyl (C=O) groups is 2. The summed E-state index contributed by atoms with van der Waals surface area (Å²) in [5, 5.41) is 6.03. The molecular weight excluding hydrogens is 362 g/mol. The third-order valence-electron chi connectivity index (χ3n) is 4.43. The number of carbonyl (C=O) groups excluding carboxylic acids is 2. The van der Waals surface area contributed by atoms with Crippen LogP contribution in [0.3, 0.4) is 0 Å². The van der Waals surface area contributed by atoms with Crippen LogP contribution >= 0.6 is 11.6 Å². The molecule has 0 aliphatic rings. The average molecular weight is 388 g/mol. The van der Waals surface area contributed by atoms with Gasteiger partial charge < -0.3 is 10.6 Å². The van der Waals surface area contributed by atoms with Gasteiger partial charge in [-0.05, 0) is 36.9 Å². The van der Waals surface area contributed by atoms with Crippen LogP contribution in [0.15, 0.2) is 54.6 Å². The van der Waals surface area contributed by atoms with E-state index in [1.54, 1.807) is 24.3 Å². The first-order chi connectivity index (χ1) is 13.0. The van der Waals surface area contributed by atoms with E-state index in [2.05, 4.69) is 41.5 Å². The monoisotopic (exact) mass is 387 g/mol. The Morgan fingerprint density at radius 3 is 2.33 bits per heavy atom. The van der Waals surface area contributed by atoms with Crippen molar-refractivity contribution in [3.8, 4) is 0 Å². The van der Waals surface area contributed by atoms with Crippen LogP contribution in [-0.2, 0) is 4.79 Å². The van der Waals surface area contributed by atoms with Crippen LogP contribution in [0.25, 0.3) is 0 Å². The summed E-state index contributed by atoms with van der Waals surface area (Å²) in [4.78, 5) is 26.6. The van der Waals surface area contributed by atoms with E-state index in [1.807, 2.05) is 18.2 Å². The topological polar surface area (TPSA) is 61.4 Å². The molecular formula is C21H26ClN3O2. The van der Waals surface area contributed by atoms with E-state index in [0.717, 1.165) is 18.7 Å². The maximum absolute atomic E-state index is 12.2. The van der Waals surface area contributed by atoms with Gasteiger partial charge in [0.25, 0.3) is 5.91 Å². The van der Waals surface area contributed by atoms with Gasteiger partial charge in [-0.3, -0.25) is 14.5 Å². The molecule has 0 spiro atoms. The molecule has 0 radical (unpaired) electrons. The van der Waals surface area contributed by atoms with Gasteiger partial charge in [-0.2, -0.15) is 0 Å². The minimum Gasteiger partial charge on any atom is -0.353 e. The Balaban J connectivity index is 1.90. The Labute approximate surface area is 165 Å². The smallest absolute Gasteiger partial charge is 0.251 e. The lowest BCUT2D eigenvalue weighted by Crippen LogP contribution is -2.42. The molecule has 2 amide bonds. The highest BCUT2D eigenvalue weighted by atomic mass is 35.5. The first-order valence-corrected chi connectivity index (χ1v) is 9.52. The number of hydrogen-bond acceptors (Lipinski definition) is 3. The number of halogens is 1. The third kappa shape index (κ3) is 6.38. The van der Waals surface area contributed by atoms with Gasteiger partial charge in [0.2, 0.25) is 5.91 Å². The van der Waals surface area contributed by atoms with E-state index < -0.39 is 0 Å². The maximum Gasteiger partial charge on any atom is 0.251 e. The van der Waals surface area contributed by atoms with Gasteiger partial charge in [-0.25, -0.2) is 0 Å². The van der Waals surface area contributed by atoms with E-state index in [0.29, 0.717) is 17.1 Å². The molecule has 0 aromatic heterocycles. The fourth-order valence-corrected chi connectivity index (χ4v) is 3.15. The fraction of sp³-hybridized carbons (Fsp3) is 0.333. The SMILES string of the molecule is CCN(CC)C(CNC(=O)CNC(=O)c1cccc(Cl)c1)c1ccccc1. The largest absolute Gasteiger partial charge is 0.353 e. The van der Waals surface area contributed by atoms with Crippen molar-refractivity contribution in [2.45, 2.75) is 19.9 Å². The van der Waals surface area contributed by atoms with Crippen LogP contribution in [0.4, 0.5) is 0 Å². The van der Waals surface area contributed by atoms with Crippen molar-refractivity contribution in [1.82, 2.24) is 15.5 Å². The van der Waals surface area contributed by atoms with Crippen LogP contribution in [0.2, 0.25) is 5.02 Å². The first-order valence-electron chi connectivity index (χ1n) is 9.14. The summed E-state index contributed by atoms with van der Waals surface area (Å²) >= 11 is 5.89. The van der Waals surface area contributed by atoms with Crippen molar-refractivity contribution < 1.29 is 9.59 Å². The number of nitrogens with one attached hydrogen (secondary N) is 2. The molecule has 1 atom stereocenters. The van der Waals surface area contributed by atoms with Gasteiger partial charge in [0, 0.05) is 17.1 Å². The number of likely N-dealkylation sites (N-methyl/N-ethyl adjacent to an activating group) is 1. The molecule has 5 nitrogen and oxygen atoms in total. The predicted octanol–water partition coefficient (Wildman–Crippen LogP) is 3.27. The lowest BCUT2D eigenvalue weighted by Gasteiger charge is -2.30. The summed E-state index contributed by atoms with van der Waals surface area (Å²) in [6.07, 6.45) is 0. The molecule has 27 heavy (non-hydrogen) atoms. The number of hydrogen-bond donors (Lipinski definition) is 2. The lowest BCUT2D eigenvalue weighted by molar-refractivity contribution is -0.120. The summed E-state index contributed by atoms with van der Waals surface area (Å²) < 4.78 is 0. The van der Waals surface area contributed by atoms with Gasteiger partial charge in [0.15, 0.2) is 0 Å². The van der Waals surface area contributed by atoms with Crippen molar-refractivity contribution in [3.63, 3.8) is 0 Å². The normalized spacial score (nSPS) is 11.9. The molecule has 0 bridgehead atoms. The van der Waals surface area contributed by atoms with Crippen LogP contribution in [0.1, 0.15) is 35.8 Å². The van der Waals surface area contributed by atoms with Crippen molar-refractivity contribution in [3.05, 3.63) is 70.7 Å². The molecule has 2 rings (SSSR count). The fourth-order valence-electron chi connectivity index (χ4n) is 2.96. The van der Waals surface area contributed by atoms with E-state index in [-0.39, 0.29) is 24.4 Å². The van der Waals surface area contributed by atoms with Crippen LogP contribution in [-0.4, -0.2) is 42.9 Å². The molecule has 144 valence electrons. The Hall–Kier alpha value is -2.37. The second kappa shape index (κ2) is 10.7. The molecule has 0 fully saturated rings. The summed E-state index contributed by atoms with van der Waals surface area (Å²) in [7, 11) is 0. The minimum atomic E-state index is -0.323. The predicted molar refractivity (Wildman–Crippen MR) is 109 cm³/mol. The van der Waals surface area contributed by atoms with Gasteiger partial charge >= 0.3 is 0 Å². The highest BCUT2D eigenvalue weighted by Gasteiger charge is 2.18. The van der Waals surface area contributed by atoms with Gasteiger partial charge in [-0.15, -0.1) is 0 Å². The zero-order valence-electron chi connectivity index (χ0n) is 15.7. The van der Waals surface area contributed by atoms with E-state index >= 15 is 0 Å². The molecule has 0 saturated heterocycles. The van der Waals surface area contributed by atoms with E-state index in [9.17, 15) is 9.59 Å². The van der Waals surface area contributed by atoms with Gasteiger partial charge in [0.05, 0.1) is 12.6 Å². The van der Waals surface area contributed by atoms with Crippen molar-refractivity contribution in [1.29, 1.82) is 0 Å². The summed E-state index contributed by atoms with van der Waals surface area (Å²) in [6, 6.07) is 16.8. The molecule has 1 unspecified atom stereocenters. The summed E-state index contributed by atoms with van der Waals surface area (Å²) in [5.41, 5.74) is 1.59. The zero-order valence-corrected chi connectivity index (χ0v) is 16.5. The molecule has 2 aromatic carbocycles. The van der Waals surface area contributed by atoms with Crippen molar-refractivity contribution >= 4 is 23.4 Å². The number of benzene rings is 2. The van der Waals surface area contributed by atoms with Crippen LogP contribution in [0.5, 0.6) is 0 Å². The number of rotatable bonds is 9. The molecule has 0 aliphatic carbocycles. The van der Waals surface area contributed by atoms with Crippen LogP contribution < -0.4 is 10.6 Å². The van der Waals surface area contributed by atoms with Gasteiger partial charge in [0.1, 0.15) is 0 Å². The average Bonchev–Trinajstić information content (AvgIpc) is 2.70.